The van der Waals surface area contributed by atoms with Crippen molar-refractivity contribution in [1.82, 2.24) is 5.32 Å². The van der Waals surface area contributed by atoms with Crippen molar-refractivity contribution < 1.29 is 0 Å². The summed E-state index contributed by atoms with van der Waals surface area (Å²) in [4.78, 5) is 2.88. The standard InChI is InChI=1S/C17H22BrNS/c1-4-9-19-16(17-10-12(2)13(3)20-17)11-14-5-7-15(18)8-6-14/h5-8,10,16,19H,4,9,11H2,1-3H3. The fourth-order valence-electron chi connectivity index (χ4n) is 2.22. The van der Waals surface area contributed by atoms with Crippen LogP contribution in [0, 0.1) is 13.8 Å². The van der Waals surface area contributed by atoms with E-state index in [-0.39, 0.29) is 0 Å². The molecule has 1 nitrogen and oxygen atoms in total. The molecule has 20 heavy (non-hydrogen) atoms. The Morgan fingerprint density at radius 1 is 1.20 bits per heavy atom. The summed E-state index contributed by atoms with van der Waals surface area (Å²) >= 11 is 5.42. The number of rotatable bonds is 6. The third kappa shape index (κ3) is 4.18. The van der Waals surface area contributed by atoms with E-state index in [0.717, 1.165) is 17.4 Å². The molecule has 0 aliphatic heterocycles. The molecule has 2 aromatic rings. The van der Waals surface area contributed by atoms with Crippen LogP contribution in [0.3, 0.4) is 0 Å². The van der Waals surface area contributed by atoms with Crippen LogP contribution in [-0.4, -0.2) is 6.54 Å². The van der Waals surface area contributed by atoms with E-state index < -0.39 is 0 Å². The van der Waals surface area contributed by atoms with E-state index in [1.165, 1.54) is 27.3 Å². The van der Waals surface area contributed by atoms with E-state index in [2.05, 4.69) is 72.3 Å². The monoisotopic (exact) mass is 351 g/mol. The molecule has 0 spiro atoms. The van der Waals surface area contributed by atoms with Crippen LogP contribution < -0.4 is 5.32 Å². The van der Waals surface area contributed by atoms with Gasteiger partial charge in [0, 0.05) is 20.3 Å². The summed E-state index contributed by atoms with van der Waals surface area (Å²) in [6.45, 7) is 7.69. The highest BCUT2D eigenvalue weighted by Gasteiger charge is 2.14. The first-order chi connectivity index (χ1) is 9.60. The molecule has 1 aromatic heterocycles. The Bertz CT molecular complexity index is 525. The van der Waals surface area contributed by atoms with Crippen LogP contribution in [0.5, 0.6) is 0 Å². The molecule has 0 fully saturated rings. The summed E-state index contributed by atoms with van der Waals surface area (Å²) in [6.07, 6.45) is 2.22. The lowest BCUT2D eigenvalue weighted by atomic mass is 10.0. The second-order valence-electron chi connectivity index (χ2n) is 5.23. The Kier molecular flexibility index (Phi) is 5.82. The van der Waals surface area contributed by atoms with Gasteiger partial charge in [-0.2, -0.15) is 0 Å². The predicted octanol–water partition coefficient (Wildman–Crippen LogP) is 5.41. The second-order valence-corrected chi connectivity index (χ2v) is 7.43. The number of hydrogen-bond donors (Lipinski definition) is 1. The molecule has 0 saturated heterocycles. The lowest BCUT2D eigenvalue weighted by Crippen LogP contribution is -2.23. The van der Waals surface area contributed by atoms with Crippen LogP contribution in [0.4, 0.5) is 0 Å². The maximum Gasteiger partial charge on any atom is 0.0455 e. The molecule has 1 unspecified atom stereocenters. The topological polar surface area (TPSA) is 12.0 Å². The number of hydrogen-bond acceptors (Lipinski definition) is 2. The first kappa shape index (κ1) is 15.7. The second kappa shape index (κ2) is 7.39. The molecule has 3 heteroatoms. The van der Waals surface area contributed by atoms with E-state index in [0.29, 0.717) is 6.04 Å². The lowest BCUT2D eigenvalue weighted by molar-refractivity contribution is 0.536. The SMILES string of the molecule is CCCNC(Cc1ccc(Br)cc1)c1cc(C)c(C)s1. The summed E-state index contributed by atoms with van der Waals surface area (Å²) in [7, 11) is 0. The summed E-state index contributed by atoms with van der Waals surface area (Å²) < 4.78 is 1.14. The van der Waals surface area contributed by atoms with E-state index in [1.807, 2.05) is 11.3 Å². The number of halogens is 1. The summed E-state index contributed by atoms with van der Waals surface area (Å²) in [5, 5.41) is 3.69. The molecule has 0 bridgehead atoms. The van der Waals surface area contributed by atoms with Gasteiger partial charge in [-0.15, -0.1) is 11.3 Å². The molecule has 1 atom stereocenters. The Hall–Kier alpha value is -0.640. The summed E-state index contributed by atoms with van der Waals surface area (Å²) in [6, 6.07) is 11.4. The quantitative estimate of drug-likeness (QED) is 0.733. The Balaban J connectivity index is 2.16. The first-order valence-corrected chi connectivity index (χ1v) is 8.76. The zero-order valence-electron chi connectivity index (χ0n) is 12.4. The van der Waals surface area contributed by atoms with E-state index >= 15 is 0 Å². The van der Waals surface area contributed by atoms with Crippen molar-refractivity contribution in [2.45, 2.75) is 39.7 Å². The van der Waals surface area contributed by atoms with Gasteiger partial charge in [-0.25, -0.2) is 0 Å². The highest BCUT2D eigenvalue weighted by Crippen LogP contribution is 2.29. The lowest BCUT2D eigenvalue weighted by Gasteiger charge is -2.17. The molecule has 108 valence electrons. The highest BCUT2D eigenvalue weighted by molar-refractivity contribution is 9.10. The molecule has 1 aromatic carbocycles. The van der Waals surface area contributed by atoms with Crippen LogP contribution in [0.1, 0.15) is 40.3 Å². The van der Waals surface area contributed by atoms with Crippen LogP contribution in [0.25, 0.3) is 0 Å². The van der Waals surface area contributed by atoms with E-state index in [4.69, 9.17) is 0 Å². The van der Waals surface area contributed by atoms with Gasteiger partial charge in [0.05, 0.1) is 0 Å². The number of nitrogens with one attached hydrogen (secondary N) is 1. The summed E-state index contributed by atoms with van der Waals surface area (Å²) in [5.74, 6) is 0. The van der Waals surface area contributed by atoms with Gasteiger partial charge in [0.15, 0.2) is 0 Å². The number of thiophene rings is 1. The van der Waals surface area contributed by atoms with E-state index in [1.54, 1.807) is 0 Å². The van der Waals surface area contributed by atoms with Crippen molar-refractivity contribution in [3.8, 4) is 0 Å². The minimum atomic E-state index is 0.425. The van der Waals surface area contributed by atoms with Crippen molar-refractivity contribution in [3.63, 3.8) is 0 Å². The van der Waals surface area contributed by atoms with Gasteiger partial charge in [-0.05, 0) is 62.6 Å². The zero-order valence-corrected chi connectivity index (χ0v) is 14.8. The molecular formula is C17H22BrNS. The molecule has 0 amide bonds. The van der Waals surface area contributed by atoms with Crippen LogP contribution in [-0.2, 0) is 6.42 Å². The van der Waals surface area contributed by atoms with Crippen molar-refractivity contribution in [3.05, 3.63) is 55.7 Å². The van der Waals surface area contributed by atoms with Gasteiger partial charge in [-0.3, -0.25) is 0 Å². The molecule has 2 rings (SSSR count). The molecular weight excluding hydrogens is 330 g/mol. The van der Waals surface area contributed by atoms with Gasteiger partial charge >= 0.3 is 0 Å². The Morgan fingerprint density at radius 2 is 1.90 bits per heavy atom. The van der Waals surface area contributed by atoms with Crippen LogP contribution >= 0.6 is 27.3 Å². The van der Waals surface area contributed by atoms with Gasteiger partial charge in [0.25, 0.3) is 0 Å². The van der Waals surface area contributed by atoms with Crippen molar-refractivity contribution in [2.24, 2.45) is 0 Å². The molecule has 0 aliphatic rings. The van der Waals surface area contributed by atoms with Gasteiger partial charge < -0.3 is 5.32 Å². The molecule has 1 heterocycles. The van der Waals surface area contributed by atoms with Crippen molar-refractivity contribution in [2.75, 3.05) is 6.54 Å². The molecule has 0 aliphatic carbocycles. The first-order valence-electron chi connectivity index (χ1n) is 7.15. The molecule has 0 saturated carbocycles. The largest absolute Gasteiger partial charge is 0.309 e. The van der Waals surface area contributed by atoms with Crippen LogP contribution in [0.2, 0.25) is 0 Å². The fourth-order valence-corrected chi connectivity index (χ4v) is 3.60. The minimum Gasteiger partial charge on any atom is -0.309 e. The smallest absolute Gasteiger partial charge is 0.0455 e. The Labute approximate surface area is 134 Å². The number of benzene rings is 1. The molecule has 0 radical (unpaired) electrons. The van der Waals surface area contributed by atoms with Gasteiger partial charge in [0.2, 0.25) is 0 Å². The van der Waals surface area contributed by atoms with E-state index in [9.17, 15) is 0 Å². The number of aryl methyl sites for hydroxylation is 2. The highest BCUT2D eigenvalue weighted by atomic mass is 79.9. The average Bonchev–Trinajstić information content (AvgIpc) is 2.77. The Morgan fingerprint density at radius 3 is 2.45 bits per heavy atom. The van der Waals surface area contributed by atoms with Crippen molar-refractivity contribution >= 4 is 27.3 Å². The third-order valence-electron chi connectivity index (χ3n) is 3.52. The predicted molar refractivity (Wildman–Crippen MR) is 92.7 cm³/mol. The van der Waals surface area contributed by atoms with Gasteiger partial charge in [0.1, 0.15) is 0 Å². The van der Waals surface area contributed by atoms with Crippen molar-refractivity contribution in [1.29, 1.82) is 0 Å². The maximum atomic E-state index is 3.69. The minimum absolute atomic E-state index is 0.425. The van der Waals surface area contributed by atoms with Crippen LogP contribution in [0.15, 0.2) is 34.8 Å². The fraction of sp³-hybridized carbons (Fsp3) is 0.412. The normalized spacial score (nSPS) is 12.6. The summed E-state index contributed by atoms with van der Waals surface area (Å²) in [5.41, 5.74) is 2.79. The maximum absolute atomic E-state index is 3.69. The average molecular weight is 352 g/mol. The van der Waals surface area contributed by atoms with Gasteiger partial charge in [-0.1, -0.05) is 35.0 Å². The third-order valence-corrected chi connectivity index (χ3v) is 5.32. The molecule has 1 N–H and O–H groups in total. The zero-order chi connectivity index (χ0) is 14.5.